The third-order valence-electron chi connectivity index (χ3n) is 5.62. The first-order chi connectivity index (χ1) is 17.0. The summed E-state index contributed by atoms with van der Waals surface area (Å²) in [5, 5.41) is 28.2. The molecule has 0 spiro atoms. The van der Waals surface area contributed by atoms with Crippen LogP contribution < -0.4 is 0 Å². The first-order valence-corrected chi connectivity index (χ1v) is 11.7. The maximum absolute atomic E-state index is 11.7. The molecule has 0 aliphatic rings. The molecular weight excluding hydrogens is 516 g/mol. The molecule has 0 aliphatic carbocycles. The van der Waals surface area contributed by atoms with Crippen LogP contribution in [0.3, 0.4) is 0 Å². The molecule has 0 aromatic heterocycles. The second-order valence-electron chi connectivity index (χ2n) is 7.91. The van der Waals surface area contributed by atoms with Crippen LogP contribution in [0.1, 0.15) is 31.1 Å². The summed E-state index contributed by atoms with van der Waals surface area (Å²) < 4.78 is 0. The Kier molecular flexibility index (Phi) is 7.16. The Morgan fingerprint density at radius 2 is 0.778 bits per heavy atom. The number of hydrogen-bond donors (Lipinski definition) is 6. The lowest BCUT2D eigenvalue weighted by Gasteiger charge is -2.14. The van der Waals surface area contributed by atoms with E-state index >= 15 is 0 Å². The fourth-order valence-corrected chi connectivity index (χ4v) is 4.65. The summed E-state index contributed by atoms with van der Waals surface area (Å²) in [6, 6.07) is 20.1. The highest BCUT2D eigenvalue weighted by atomic mass is 32.1. The summed E-state index contributed by atoms with van der Waals surface area (Å²) in [7, 11) is 0. The molecule has 9 heteroatoms. The average molecular weight is 535 g/mol. The van der Waals surface area contributed by atoms with Gasteiger partial charge in [-0.05, 0) is 88.0 Å². The van der Waals surface area contributed by atoms with Crippen molar-refractivity contribution < 1.29 is 29.7 Å². The van der Waals surface area contributed by atoms with Crippen LogP contribution in [0.25, 0.3) is 33.4 Å². The molecule has 0 fully saturated rings. The molecule has 0 heterocycles. The summed E-state index contributed by atoms with van der Waals surface area (Å²) >= 11 is 12.9. The summed E-state index contributed by atoms with van der Waals surface area (Å²) in [4.78, 5) is 35.4. The lowest BCUT2D eigenvalue weighted by Crippen LogP contribution is -1.99. The van der Waals surface area contributed by atoms with Gasteiger partial charge in [-0.2, -0.15) is 0 Å². The second kappa shape index (κ2) is 10.1. The maximum Gasteiger partial charge on any atom is 0.336 e. The molecular formula is C27H18O6S3. The largest absolute Gasteiger partial charge is 0.478 e. The van der Waals surface area contributed by atoms with E-state index in [1.54, 1.807) is 36.4 Å². The van der Waals surface area contributed by atoms with Crippen LogP contribution >= 0.6 is 37.9 Å². The van der Waals surface area contributed by atoms with Gasteiger partial charge in [0.05, 0.1) is 16.7 Å². The van der Waals surface area contributed by atoms with Crippen molar-refractivity contribution in [3.63, 3.8) is 0 Å². The number of carbonyl (C=O) groups is 3. The Hall–Kier alpha value is -3.66. The minimum atomic E-state index is -1.11. The van der Waals surface area contributed by atoms with Crippen molar-refractivity contribution in [1.29, 1.82) is 0 Å². The van der Waals surface area contributed by atoms with Crippen LogP contribution in [0.15, 0.2) is 87.5 Å². The zero-order valence-corrected chi connectivity index (χ0v) is 21.0. The van der Waals surface area contributed by atoms with Gasteiger partial charge < -0.3 is 15.3 Å². The van der Waals surface area contributed by atoms with Gasteiger partial charge in [0.25, 0.3) is 0 Å². The standard InChI is InChI=1S/C27H18O6S3/c28-25(29)19-4-1-14(11-23(19)35)17-7-16(13-3-6-22(34)21(10-13)27(32)33)8-18(9-17)15-2-5-20(26(30)31)24(36)12-15/h1-12,34-36H,(H,28,29)(H,30,31)(H,32,33). The third-order valence-corrected chi connectivity index (χ3v) is 6.75. The van der Waals surface area contributed by atoms with Gasteiger partial charge in [0, 0.05) is 14.7 Å². The van der Waals surface area contributed by atoms with Crippen molar-refractivity contribution in [2.24, 2.45) is 0 Å². The van der Waals surface area contributed by atoms with Gasteiger partial charge in [0.2, 0.25) is 0 Å². The molecule has 0 aliphatic heterocycles. The molecule has 4 rings (SSSR count). The Bertz CT molecular complexity index is 1480. The third kappa shape index (κ3) is 5.13. The Morgan fingerprint density at radius 1 is 0.417 bits per heavy atom. The molecule has 0 bridgehead atoms. The summed E-state index contributed by atoms with van der Waals surface area (Å²) in [5.41, 5.74) is 4.37. The van der Waals surface area contributed by atoms with E-state index in [-0.39, 0.29) is 16.7 Å². The van der Waals surface area contributed by atoms with E-state index in [1.807, 2.05) is 18.2 Å². The van der Waals surface area contributed by atoms with E-state index in [2.05, 4.69) is 37.9 Å². The van der Waals surface area contributed by atoms with E-state index in [1.165, 1.54) is 18.2 Å². The normalized spacial score (nSPS) is 10.8. The number of aromatic carboxylic acids is 3. The van der Waals surface area contributed by atoms with Crippen LogP contribution in [-0.2, 0) is 0 Å². The molecule has 180 valence electrons. The number of carboxylic acids is 3. The van der Waals surface area contributed by atoms with Gasteiger partial charge in [0.15, 0.2) is 0 Å². The van der Waals surface area contributed by atoms with Gasteiger partial charge in [-0.1, -0.05) is 18.2 Å². The molecule has 36 heavy (non-hydrogen) atoms. The first-order valence-electron chi connectivity index (χ1n) is 10.4. The predicted molar refractivity (Wildman–Crippen MR) is 145 cm³/mol. The fraction of sp³-hybridized carbons (Fsp3) is 0. The molecule has 0 unspecified atom stereocenters. The van der Waals surface area contributed by atoms with E-state index in [9.17, 15) is 29.7 Å². The Morgan fingerprint density at radius 3 is 1.14 bits per heavy atom. The van der Waals surface area contributed by atoms with Crippen molar-refractivity contribution in [2.75, 3.05) is 0 Å². The van der Waals surface area contributed by atoms with E-state index in [4.69, 9.17) is 0 Å². The Balaban J connectivity index is 1.94. The molecule has 4 aromatic rings. The lowest BCUT2D eigenvalue weighted by molar-refractivity contribution is 0.0682. The van der Waals surface area contributed by atoms with Crippen LogP contribution in [0, 0.1) is 0 Å². The highest BCUT2D eigenvalue weighted by Crippen LogP contribution is 2.36. The number of thiol groups is 3. The van der Waals surface area contributed by atoms with Crippen LogP contribution in [0.2, 0.25) is 0 Å². The smallest absolute Gasteiger partial charge is 0.336 e. The monoisotopic (exact) mass is 534 g/mol. The van der Waals surface area contributed by atoms with Crippen molar-refractivity contribution in [3.8, 4) is 33.4 Å². The summed E-state index contributed by atoms with van der Waals surface area (Å²) in [6.45, 7) is 0. The number of carboxylic acid groups (broad SMARTS) is 3. The zero-order valence-electron chi connectivity index (χ0n) is 18.3. The van der Waals surface area contributed by atoms with Crippen molar-refractivity contribution in [1.82, 2.24) is 0 Å². The van der Waals surface area contributed by atoms with Gasteiger partial charge in [-0.3, -0.25) is 0 Å². The number of rotatable bonds is 6. The van der Waals surface area contributed by atoms with Crippen molar-refractivity contribution >= 4 is 55.8 Å². The quantitative estimate of drug-likeness (QED) is 0.155. The van der Waals surface area contributed by atoms with E-state index in [0.717, 1.165) is 11.1 Å². The van der Waals surface area contributed by atoms with Gasteiger partial charge in [-0.15, -0.1) is 37.9 Å². The lowest BCUT2D eigenvalue weighted by atomic mass is 9.92. The van der Waals surface area contributed by atoms with Gasteiger partial charge in [-0.25, -0.2) is 14.4 Å². The van der Waals surface area contributed by atoms with E-state index < -0.39 is 17.9 Å². The topological polar surface area (TPSA) is 112 Å². The predicted octanol–water partition coefficient (Wildman–Crippen LogP) is 6.65. The Labute approximate surface area is 222 Å². The van der Waals surface area contributed by atoms with Gasteiger partial charge >= 0.3 is 17.9 Å². The molecule has 0 saturated heterocycles. The van der Waals surface area contributed by atoms with Crippen LogP contribution in [-0.4, -0.2) is 33.2 Å². The molecule has 4 aromatic carbocycles. The molecule has 6 nitrogen and oxygen atoms in total. The minimum absolute atomic E-state index is 0.0506. The maximum atomic E-state index is 11.7. The summed E-state index contributed by atoms with van der Waals surface area (Å²) in [6.07, 6.45) is 0. The minimum Gasteiger partial charge on any atom is -0.478 e. The molecule has 0 amide bonds. The SMILES string of the molecule is O=C(O)c1ccc(-c2cc(-c3ccc(C(=O)O)c(S)c3)cc(-c3ccc(S)c(C(=O)O)c3)c2)cc1S. The van der Waals surface area contributed by atoms with Gasteiger partial charge in [0.1, 0.15) is 0 Å². The molecule has 0 atom stereocenters. The van der Waals surface area contributed by atoms with Crippen LogP contribution in [0.4, 0.5) is 0 Å². The van der Waals surface area contributed by atoms with Crippen molar-refractivity contribution in [3.05, 3.63) is 89.5 Å². The van der Waals surface area contributed by atoms with Crippen molar-refractivity contribution in [2.45, 2.75) is 14.7 Å². The van der Waals surface area contributed by atoms with E-state index in [0.29, 0.717) is 36.9 Å². The highest BCUT2D eigenvalue weighted by Gasteiger charge is 2.15. The first kappa shape index (κ1) is 25.4. The van der Waals surface area contributed by atoms with Crippen LogP contribution in [0.5, 0.6) is 0 Å². The number of benzene rings is 4. The fourth-order valence-electron chi connectivity index (χ4n) is 3.80. The molecule has 0 radical (unpaired) electrons. The molecule has 3 N–H and O–H groups in total. The number of hydrogen-bond acceptors (Lipinski definition) is 6. The average Bonchev–Trinajstić information content (AvgIpc) is 2.83. The molecule has 0 saturated carbocycles. The second-order valence-corrected chi connectivity index (χ2v) is 9.36. The highest BCUT2D eigenvalue weighted by molar-refractivity contribution is 7.80. The summed E-state index contributed by atoms with van der Waals surface area (Å²) in [5.74, 6) is -3.28. The zero-order chi connectivity index (χ0) is 26.1.